The highest BCUT2D eigenvalue weighted by Gasteiger charge is 2.32. The fourth-order valence-electron chi connectivity index (χ4n) is 3.14. The quantitative estimate of drug-likeness (QED) is 0.810. The van der Waals surface area contributed by atoms with E-state index in [4.69, 9.17) is 5.11 Å². The summed E-state index contributed by atoms with van der Waals surface area (Å²) in [7, 11) is -3.68. The van der Waals surface area contributed by atoms with E-state index in [9.17, 15) is 18.0 Å². The number of hydrogen-bond donors (Lipinski definition) is 1. The first kappa shape index (κ1) is 17.6. The number of sulfonamides is 1. The largest absolute Gasteiger partial charge is 0.478 e. The summed E-state index contributed by atoms with van der Waals surface area (Å²) in [5.74, 6) is -1.02. The van der Waals surface area contributed by atoms with Crippen molar-refractivity contribution in [1.29, 1.82) is 0 Å². The third kappa shape index (κ3) is 3.59. The summed E-state index contributed by atoms with van der Waals surface area (Å²) < 4.78 is 26.7. The Balaban J connectivity index is 1.65. The standard InChI is InChI=1S/C17H20N2O5S/c20-16(13-3-1-2-4-13)18-9-11-19(12-10-18)25(23,24)15-7-5-14(6-8-15)17(21)22/h1-2,5-8,13H,3-4,9-12H2,(H,21,22). The number of benzene rings is 1. The average Bonchev–Trinajstić information content (AvgIpc) is 3.16. The fourth-order valence-corrected chi connectivity index (χ4v) is 4.57. The first-order chi connectivity index (χ1) is 11.9. The zero-order valence-corrected chi connectivity index (χ0v) is 14.5. The van der Waals surface area contributed by atoms with Crippen LogP contribution in [0.4, 0.5) is 0 Å². The van der Waals surface area contributed by atoms with E-state index in [2.05, 4.69) is 0 Å². The lowest BCUT2D eigenvalue weighted by molar-refractivity contribution is -0.136. The molecule has 0 saturated carbocycles. The predicted octanol–water partition coefficient (Wildman–Crippen LogP) is 1.18. The molecule has 1 saturated heterocycles. The highest BCUT2D eigenvalue weighted by molar-refractivity contribution is 7.89. The van der Waals surface area contributed by atoms with Gasteiger partial charge in [-0.15, -0.1) is 0 Å². The van der Waals surface area contributed by atoms with Gasteiger partial charge in [-0.05, 0) is 37.1 Å². The lowest BCUT2D eigenvalue weighted by atomic mass is 10.1. The number of hydrogen-bond acceptors (Lipinski definition) is 4. The van der Waals surface area contributed by atoms with Crippen molar-refractivity contribution in [2.24, 2.45) is 5.92 Å². The molecule has 1 aromatic carbocycles. The average molecular weight is 364 g/mol. The summed E-state index contributed by atoms with van der Waals surface area (Å²) in [6, 6.07) is 5.17. The van der Waals surface area contributed by atoms with E-state index in [-0.39, 0.29) is 35.4 Å². The van der Waals surface area contributed by atoms with Gasteiger partial charge >= 0.3 is 5.97 Å². The van der Waals surface area contributed by atoms with Crippen LogP contribution in [0.25, 0.3) is 0 Å². The maximum absolute atomic E-state index is 12.7. The van der Waals surface area contributed by atoms with Gasteiger partial charge in [0.1, 0.15) is 0 Å². The van der Waals surface area contributed by atoms with E-state index in [0.717, 1.165) is 12.8 Å². The molecule has 0 aromatic heterocycles. The number of allylic oxidation sites excluding steroid dienone is 2. The molecule has 1 N–H and O–H groups in total. The van der Waals surface area contributed by atoms with Crippen molar-refractivity contribution in [3.05, 3.63) is 42.0 Å². The minimum atomic E-state index is -3.68. The molecule has 0 radical (unpaired) electrons. The van der Waals surface area contributed by atoms with Crippen LogP contribution in [0.5, 0.6) is 0 Å². The number of carbonyl (C=O) groups is 2. The monoisotopic (exact) mass is 364 g/mol. The topological polar surface area (TPSA) is 95.0 Å². The van der Waals surface area contributed by atoms with Crippen molar-refractivity contribution in [3.63, 3.8) is 0 Å². The Labute approximate surface area is 146 Å². The van der Waals surface area contributed by atoms with Gasteiger partial charge in [0, 0.05) is 32.1 Å². The number of nitrogens with zero attached hydrogens (tertiary/aromatic N) is 2. The molecule has 0 spiro atoms. The Morgan fingerprint density at radius 2 is 1.52 bits per heavy atom. The van der Waals surface area contributed by atoms with Gasteiger partial charge in [0.25, 0.3) is 0 Å². The highest BCUT2D eigenvalue weighted by Crippen LogP contribution is 2.23. The van der Waals surface area contributed by atoms with E-state index < -0.39 is 16.0 Å². The van der Waals surface area contributed by atoms with Gasteiger partial charge in [-0.3, -0.25) is 4.79 Å². The van der Waals surface area contributed by atoms with Crippen molar-refractivity contribution >= 4 is 21.9 Å². The van der Waals surface area contributed by atoms with Crippen LogP contribution in [0.3, 0.4) is 0 Å². The Hall–Kier alpha value is -2.19. The van der Waals surface area contributed by atoms with Crippen LogP contribution >= 0.6 is 0 Å². The Kier molecular flexibility index (Phi) is 4.91. The normalized spacial score (nSPS) is 19.3. The Morgan fingerprint density at radius 3 is 2.04 bits per heavy atom. The molecule has 1 aliphatic carbocycles. The van der Waals surface area contributed by atoms with Crippen LogP contribution in [0.15, 0.2) is 41.3 Å². The molecule has 3 rings (SSSR count). The maximum atomic E-state index is 12.7. The fraction of sp³-hybridized carbons (Fsp3) is 0.412. The minimum absolute atomic E-state index is 0.00767. The maximum Gasteiger partial charge on any atom is 0.335 e. The number of piperazine rings is 1. The molecule has 25 heavy (non-hydrogen) atoms. The van der Waals surface area contributed by atoms with Crippen LogP contribution in [0, 0.1) is 5.92 Å². The van der Waals surface area contributed by atoms with Crippen LogP contribution < -0.4 is 0 Å². The van der Waals surface area contributed by atoms with Gasteiger partial charge in [0.2, 0.25) is 15.9 Å². The molecule has 1 fully saturated rings. The summed E-state index contributed by atoms with van der Waals surface area (Å²) in [4.78, 5) is 25.1. The molecular formula is C17H20N2O5S. The molecule has 0 atom stereocenters. The number of aromatic carboxylic acids is 1. The second kappa shape index (κ2) is 6.97. The third-order valence-electron chi connectivity index (χ3n) is 4.65. The van der Waals surface area contributed by atoms with E-state index in [0.29, 0.717) is 13.1 Å². The van der Waals surface area contributed by atoms with Gasteiger partial charge in [-0.25, -0.2) is 13.2 Å². The van der Waals surface area contributed by atoms with Crippen LogP contribution in [0.2, 0.25) is 0 Å². The van der Waals surface area contributed by atoms with Crippen molar-refractivity contribution in [1.82, 2.24) is 9.21 Å². The summed E-state index contributed by atoms with van der Waals surface area (Å²) in [5.41, 5.74) is 0.0412. The molecule has 1 heterocycles. The number of amides is 1. The van der Waals surface area contributed by atoms with E-state index in [1.54, 1.807) is 4.90 Å². The van der Waals surface area contributed by atoms with Gasteiger partial charge < -0.3 is 10.0 Å². The summed E-state index contributed by atoms with van der Waals surface area (Å²) in [6.45, 7) is 1.24. The Bertz CT molecular complexity index is 785. The minimum Gasteiger partial charge on any atom is -0.478 e. The van der Waals surface area contributed by atoms with Crippen molar-refractivity contribution in [2.75, 3.05) is 26.2 Å². The molecule has 1 amide bonds. The van der Waals surface area contributed by atoms with E-state index in [1.165, 1.54) is 28.6 Å². The van der Waals surface area contributed by atoms with E-state index >= 15 is 0 Å². The SMILES string of the molecule is O=C(O)c1ccc(S(=O)(=O)N2CCN(C(=O)C3CC=CC3)CC2)cc1. The van der Waals surface area contributed by atoms with Crippen molar-refractivity contribution in [3.8, 4) is 0 Å². The molecule has 8 heteroatoms. The number of carboxylic acids is 1. The van der Waals surface area contributed by atoms with Gasteiger partial charge in [-0.1, -0.05) is 12.2 Å². The number of rotatable bonds is 4. The van der Waals surface area contributed by atoms with Crippen molar-refractivity contribution < 1.29 is 23.1 Å². The summed E-state index contributed by atoms with van der Waals surface area (Å²) in [6.07, 6.45) is 5.52. The second-order valence-corrected chi connectivity index (χ2v) is 8.14. The predicted molar refractivity (Wildman–Crippen MR) is 90.6 cm³/mol. The lowest BCUT2D eigenvalue weighted by Crippen LogP contribution is -2.51. The number of carbonyl (C=O) groups excluding carboxylic acids is 1. The second-order valence-electron chi connectivity index (χ2n) is 6.20. The Morgan fingerprint density at radius 1 is 0.960 bits per heavy atom. The molecule has 0 unspecified atom stereocenters. The molecule has 7 nitrogen and oxygen atoms in total. The van der Waals surface area contributed by atoms with Crippen LogP contribution in [0.1, 0.15) is 23.2 Å². The van der Waals surface area contributed by atoms with E-state index in [1.807, 2.05) is 12.2 Å². The van der Waals surface area contributed by atoms with Crippen LogP contribution in [-0.4, -0.2) is 60.8 Å². The summed E-state index contributed by atoms with van der Waals surface area (Å²) >= 11 is 0. The zero-order valence-electron chi connectivity index (χ0n) is 13.7. The first-order valence-electron chi connectivity index (χ1n) is 8.17. The first-order valence-corrected chi connectivity index (χ1v) is 9.61. The molecule has 2 aliphatic rings. The molecule has 1 aliphatic heterocycles. The lowest BCUT2D eigenvalue weighted by Gasteiger charge is -2.35. The smallest absolute Gasteiger partial charge is 0.335 e. The van der Waals surface area contributed by atoms with Crippen LogP contribution in [-0.2, 0) is 14.8 Å². The number of carboxylic acid groups (broad SMARTS) is 1. The zero-order chi connectivity index (χ0) is 18.0. The third-order valence-corrected chi connectivity index (χ3v) is 6.56. The highest BCUT2D eigenvalue weighted by atomic mass is 32.2. The molecular weight excluding hydrogens is 344 g/mol. The molecule has 134 valence electrons. The van der Waals surface area contributed by atoms with Gasteiger partial charge in [0.15, 0.2) is 0 Å². The molecule has 0 bridgehead atoms. The van der Waals surface area contributed by atoms with Gasteiger partial charge in [0.05, 0.1) is 10.5 Å². The summed E-state index contributed by atoms with van der Waals surface area (Å²) in [5, 5.41) is 8.90. The molecule has 1 aromatic rings. The van der Waals surface area contributed by atoms with Crippen molar-refractivity contribution in [2.45, 2.75) is 17.7 Å². The van der Waals surface area contributed by atoms with Gasteiger partial charge in [-0.2, -0.15) is 4.31 Å².